The van der Waals surface area contributed by atoms with Crippen LogP contribution in [0.4, 0.5) is 11.6 Å². The topological polar surface area (TPSA) is 106 Å². The number of hydrogen-bond acceptors (Lipinski definition) is 6. The maximum atomic E-state index is 5.91. The Labute approximate surface area is 131 Å². The highest BCUT2D eigenvalue weighted by Crippen LogP contribution is 2.32. The van der Waals surface area contributed by atoms with E-state index in [4.69, 9.17) is 21.9 Å². The van der Waals surface area contributed by atoms with E-state index in [1.807, 2.05) is 26.0 Å². The van der Waals surface area contributed by atoms with Crippen molar-refractivity contribution in [2.24, 2.45) is 0 Å². The number of H-pyrrole nitrogens is 1. The van der Waals surface area contributed by atoms with Crippen LogP contribution >= 0.6 is 11.6 Å². The summed E-state index contributed by atoms with van der Waals surface area (Å²) in [7, 11) is 0. The summed E-state index contributed by atoms with van der Waals surface area (Å²) in [5.41, 5.74) is 7.29. The van der Waals surface area contributed by atoms with Crippen LogP contribution in [0.25, 0.3) is 22.8 Å². The van der Waals surface area contributed by atoms with E-state index in [0.29, 0.717) is 33.9 Å². The van der Waals surface area contributed by atoms with Crippen LogP contribution in [0.5, 0.6) is 0 Å². The second-order valence-corrected chi connectivity index (χ2v) is 5.53. The number of halogens is 1. The van der Waals surface area contributed by atoms with Crippen LogP contribution in [0.2, 0.25) is 5.02 Å². The fraction of sp³-hybridized carbons (Fsp3) is 0.214. The molecule has 2 aromatic heterocycles. The maximum absolute atomic E-state index is 5.91. The smallest absolute Gasteiger partial charge is 0.265 e. The Morgan fingerprint density at radius 1 is 1.27 bits per heavy atom. The summed E-state index contributed by atoms with van der Waals surface area (Å²) in [6.07, 6.45) is 0. The molecule has 3 aromatic rings. The van der Waals surface area contributed by atoms with E-state index in [1.165, 1.54) is 0 Å². The fourth-order valence-corrected chi connectivity index (χ4v) is 2.12. The molecule has 1 aromatic carbocycles. The average Bonchev–Trinajstić information content (AvgIpc) is 3.06. The lowest BCUT2D eigenvalue weighted by molar-refractivity contribution is 0.432. The molecule has 114 valence electrons. The molecule has 0 atom stereocenters. The van der Waals surface area contributed by atoms with Crippen LogP contribution < -0.4 is 11.1 Å². The normalized spacial score (nSPS) is 11.1. The quantitative estimate of drug-likeness (QED) is 0.682. The molecule has 0 fully saturated rings. The minimum Gasteiger partial charge on any atom is -0.383 e. The molecule has 8 heteroatoms. The van der Waals surface area contributed by atoms with E-state index < -0.39 is 0 Å². The maximum Gasteiger partial charge on any atom is 0.265 e. The van der Waals surface area contributed by atoms with Gasteiger partial charge in [-0.2, -0.15) is 10.1 Å². The molecule has 2 heterocycles. The Balaban J connectivity index is 1.97. The minimum atomic E-state index is 0.195. The van der Waals surface area contributed by atoms with Gasteiger partial charge in [0.2, 0.25) is 5.82 Å². The number of hydrogen-bond donors (Lipinski definition) is 3. The highest BCUT2D eigenvalue weighted by atomic mass is 35.5. The van der Waals surface area contributed by atoms with Crippen molar-refractivity contribution in [2.75, 3.05) is 11.1 Å². The lowest BCUT2D eigenvalue weighted by atomic mass is 10.2. The Bertz CT molecular complexity index is 777. The van der Waals surface area contributed by atoms with Gasteiger partial charge in [0.1, 0.15) is 11.4 Å². The molecule has 22 heavy (non-hydrogen) atoms. The zero-order valence-corrected chi connectivity index (χ0v) is 12.8. The summed E-state index contributed by atoms with van der Waals surface area (Å²) in [4.78, 5) is 4.38. The van der Waals surface area contributed by atoms with Gasteiger partial charge in [-0.05, 0) is 38.1 Å². The third kappa shape index (κ3) is 2.75. The third-order valence-electron chi connectivity index (χ3n) is 2.96. The number of nitrogen functional groups attached to an aromatic ring is 1. The summed E-state index contributed by atoms with van der Waals surface area (Å²) in [5.74, 6) is 1.72. The number of anilines is 2. The van der Waals surface area contributed by atoms with Gasteiger partial charge >= 0.3 is 0 Å². The molecule has 0 bridgehead atoms. The second kappa shape index (κ2) is 5.69. The Hall–Kier alpha value is -2.54. The van der Waals surface area contributed by atoms with Gasteiger partial charge < -0.3 is 15.6 Å². The molecule has 0 unspecified atom stereocenters. The summed E-state index contributed by atoms with van der Waals surface area (Å²) in [6.45, 7) is 4.00. The molecule has 0 amide bonds. The van der Waals surface area contributed by atoms with Crippen molar-refractivity contribution < 1.29 is 4.52 Å². The number of nitrogens with zero attached hydrogens (tertiary/aromatic N) is 3. The van der Waals surface area contributed by atoms with E-state index in [2.05, 4.69) is 25.7 Å². The van der Waals surface area contributed by atoms with Crippen LogP contribution in [-0.2, 0) is 0 Å². The van der Waals surface area contributed by atoms with Crippen molar-refractivity contribution in [3.05, 3.63) is 29.3 Å². The van der Waals surface area contributed by atoms with E-state index in [9.17, 15) is 0 Å². The van der Waals surface area contributed by atoms with Gasteiger partial charge in [-0.1, -0.05) is 16.8 Å². The molecule has 0 aliphatic carbocycles. The Morgan fingerprint density at radius 3 is 2.68 bits per heavy atom. The summed E-state index contributed by atoms with van der Waals surface area (Å²) in [6, 6.07) is 7.38. The number of aromatic nitrogens is 4. The standard InChI is InChI=1S/C14H15ClN6O/c1-7(2)17-13-10(11(16)19-20-13)14-18-12(21-22-14)8-3-5-9(15)6-4-8/h3-7H,1-2H3,(H4,16,17,19,20). The summed E-state index contributed by atoms with van der Waals surface area (Å²) >= 11 is 5.87. The van der Waals surface area contributed by atoms with Crippen molar-refractivity contribution in [3.63, 3.8) is 0 Å². The van der Waals surface area contributed by atoms with Gasteiger partial charge in [-0.25, -0.2) is 0 Å². The van der Waals surface area contributed by atoms with E-state index in [-0.39, 0.29) is 6.04 Å². The lowest BCUT2D eigenvalue weighted by Crippen LogP contribution is -2.10. The van der Waals surface area contributed by atoms with Crippen LogP contribution in [0.15, 0.2) is 28.8 Å². The SMILES string of the molecule is CC(C)Nc1n[nH]c(N)c1-c1nc(-c2ccc(Cl)cc2)no1. The lowest BCUT2D eigenvalue weighted by Gasteiger charge is -2.06. The van der Waals surface area contributed by atoms with Crippen LogP contribution in [0.3, 0.4) is 0 Å². The monoisotopic (exact) mass is 318 g/mol. The number of nitrogens with one attached hydrogen (secondary N) is 2. The molecular weight excluding hydrogens is 304 g/mol. The first-order chi connectivity index (χ1) is 10.5. The van der Waals surface area contributed by atoms with Crippen molar-refractivity contribution in [1.82, 2.24) is 20.3 Å². The molecule has 0 saturated heterocycles. The van der Waals surface area contributed by atoms with Gasteiger partial charge in [0.05, 0.1) is 0 Å². The summed E-state index contributed by atoms with van der Waals surface area (Å²) in [5, 5.41) is 14.6. The van der Waals surface area contributed by atoms with Gasteiger partial charge in [0.25, 0.3) is 5.89 Å². The number of rotatable bonds is 4. The van der Waals surface area contributed by atoms with E-state index in [1.54, 1.807) is 12.1 Å². The molecule has 3 rings (SSSR count). The van der Waals surface area contributed by atoms with Crippen molar-refractivity contribution in [3.8, 4) is 22.8 Å². The van der Waals surface area contributed by atoms with Crippen LogP contribution in [0, 0.1) is 0 Å². The largest absolute Gasteiger partial charge is 0.383 e. The summed E-state index contributed by atoms with van der Waals surface area (Å²) < 4.78 is 5.32. The first-order valence-electron chi connectivity index (χ1n) is 6.75. The number of benzene rings is 1. The highest BCUT2D eigenvalue weighted by Gasteiger charge is 2.20. The minimum absolute atomic E-state index is 0.195. The fourth-order valence-electron chi connectivity index (χ4n) is 1.99. The van der Waals surface area contributed by atoms with E-state index >= 15 is 0 Å². The molecule has 7 nitrogen and oxygen atoms in total. The molecule has 0 aliphatic rings. The average molecular weight is 319 g/mol. The molecule has 0 aliphatic heterocycles. The first-order valence-corrected chi connectivity index (χ1v) is 7.13. The first kappa shape index (κ1) is 14.4. The van der Waals surface area contributed by atoms with Crippen LogP contribution in [-0.4, -0.2) is 26.4 Å². The molecule has 0 saturated carbocycles. The Kier molecular flexibility index (Phi) is 3.72. The second-order valence-electron chi connectivity index (χ2n) is 5.09. The predicted molar refractivity (Wildman–Crippen MR) is 85.5 cm³/mol. The number of aromatic amines is 1. The van der Waals surface area contributed by atoms with Gasteiger partial charge in [0.15, 0.2) is 5.82 Å². The number of nitrogens with two attached hydrogens (primary N) is 1. The van der Waals surface area contributed by atoms with Gasteiger partial charge in [-0.3, -0.25) is 5.10 Å². The van der Waals surface area contributed by atoms with Crippen molar-refractivity contribution in [2.45, 2.75) is 19.9 Å². The van der Waals surface area contributed by atoms with Gasteiger partial charge in [-0.15, -0.1) is 0 Å². The van der Waals surface area contributed by atoms with Crippen molar-refractivity contribution >= 4 is 23.2 Å². The molecule has 0 radical (unpaired) electrons. The zero-order valence-electron chi connectivity index (χ0n) is 12.1. The van der Waals surface area contributed by atoms with E-state index in [0.717, 1.165) is 5.56 Å². The highest BCUT2D eigenvalue weighted by molar-refractivity contribution is 6.30. The van der Waals surface area contributed by atoms with Gasteiger partial charge in [0, 0.05) is 16.6 Å². The Morgan fingerprint density at radius 2 is 2.00 bits per heavy atom. The van der Waals surface area contributed by atoms with Crippen molar-refractivity contribution in [1.29, 1.82) is 0 Å². The van der Waals surface area contributed by atoms with Crippen LogP contribution in [0.1, 0.15) is 13.8 Å². The molecule has 4 N–H and O–H groups in total. The third-order valence-corrected chi connectivity index (χ3v) is 3.21. The molecular formula is C14H15ClN6O. The zero-order chi connectivity index (χ0) is 15.7. The predicted octanol–water partition coefficient (Wildman–Crippen LogP) is 3.18. The molecule has 0 spiro atoms.